The van der Waals surface area contributed by atoms with Gasteiger partial charge in [0.05, 0.1) is 12.4 Å². The van der Waals surface area contributed by atoms with E-state index in [2.05, 4.69) is 53.1 Å². The van der Waals surface area contributed by atoms with Crippen LogP contribution in [0.1, 0.15) is 56.9 Å². The molecule has 1 atom stereocenters. The Labute approximate surface area is 168 Å². The molecule has 1 amide bonds. The molecule has 0 saturated carbocycles. The Morgan fingerprint density at radius 1 is 1.11 bits per heavy atom. The van der Waals surface area contributed by atoms with Gasteiger partial charge >= 0.3 is 0 Å². The van der Waals surface area contributed by atoms with Gasteiger partial charge < -0.3 is 15.1 Å². The van der Waals surface area contributed by atoms with E-state index in [9.17, 15) is 4.79 Å². The standard InChI is InChI=1S/C22H31N5O/c1-4-18-9-7-8-14-27(18)22(28)20-15-24-21(16-23-20)25-17-10-12-19(13-11-17)26(5-2)6-3/h10-13,15-16,18H,4-9,14H2,1-3H3,(H,24,25). The average Bonchev–Trinajstić information content (AvgIpc) is 2.76. The summed E-state index contributed by atoms with van der Waals surface area (Å²) < 4.78 is 0. The lowest BCUT2D eigenvalue weighted by Crippen LogP contribution is -2.43. The predicted molar refractivity (Wildman–Crippen MR) is 114 cm³/mol. The van der Waals surface area contributed by atoms with Gasteiger partial charge in [0.1, 0.15) is 11.5 Å². The molecule has 1 saturated heterocycles. The molecule has 1 unspecified atom stereocenters. The summed E-state index contributed by atoms with van der Waals surface area (Å²) in [4.78, 5) is 25.8. The van der Waals surface area contributed by atoms with Gasteiger partial charge in [-0.1, -0.05) is 6.92 Å². The fraction of sp³-hybridized carbons (Fsp3) is 0.500. The maximum Gasteiger partial charge on any atom is 0.274 e. The SMILES string of the molecule is CCC1CCCCN1C(=O)c1cnc(Nc2ccc(N(CC)CC)cc2)cn1. The van der Waals surface area contributed by atoms with Gasteiger partial charge in [-0.05, 0) is 63.8 Å². The minimum absolute atomic E-state index is 0.00539. The van der Waals surface area contributed by atoms with Crippen LogP contribution >= 0.6 is 0 Å². The summed E-state index contributed by atoms with van der Waals surface area (Å²) in [6.07, 6.45) is 7.55. The number of benzene rings is 1. The molecule has 3 rings (SSSR count). The van der Waals surface area contributed by atoms with Gasteiger partial charge in [-0.15, -0.1) is 0 Å². The van der Waals surface area contributed by atoms with Crippen LogP contribution in [0.5, 0.6) is 0 Å². The van der Waals surface area contributed by atoms with Crippen molar-refractivity contribution in [3.8, 4) is 0 Å². The monoisotopic (exact) mass is 381 g/mol. The third kappa shape index (κ3) is 4.61. The van der Waals surface area contributed by atoms with Crippen LogP contribution in [0.25, 0.3) is 0 Å². The number of piperidine rings is 1. The Morgan fingerprint density at radius 3 is 2.46 bits per heavy atom. The van der Waals surface area contributed by atoms with Gasteiger partial charge in [-0.3, -0.25) is 4.79 Å². The van der Waals surface area contributed by atoms with Gasteiger partial charge in [0.25, 0.3) is 5.91 Å². The first kappa shape index (κ1) is 20.1. The lowest BCUT2D eigenvalue weighted by Gasteiger charge is -2.34. The second-order valence-electron chi connectivity index (χ2n) is 7.19. The van der Waals surface area contributed by atoms with Gasteiger partial charge in [-0.25, -0.2) is 9.97 Å². The van der Waals surface area contributed by atoms with E-state index in [1.54, 1.807) is 12.4 Å². The first-order valence-corrected chi connectivity index (χ1v) is 10.4. The highest BCUT2D eigenvalue weighted by Crippen LogP contribution is 2.22. The van der Waals surface area contributed by atoms with E-state index in [0.717, 1.165) is 44.6 Å². The van der Waals surface area contributed by atoms with Crippen LogP contribution in [0, 0.1) is 0 Å². The molecular weight excluding hydrogens is 350 g/mol. The summed E-state index contributed by atoms with van der Waals surface area (Å²) in [5.41, 5.74) is 2.57. The Hall–Kier alpha value is -2.63. The minimum Gasteiger partial charge on any atom is -0.372 e. The molecule has 2 aromatic rings. The van der Waals surface area contributed by atoms with Gasteiger partial charge in [0.15, 0.2) is 0 Å². The number of hydrogen-bond donors (Lipinski definition) is 1. The van der Waals surface area contributed by atoms with Gasteiger partial charge in [0, 0.05) is 37.1 Å². The number of anilines is 3. The molecule has 1 aliphatic rings. The summed E-state index contributed by atoms with van der Waals surface area (Å²) in [5, 5.41) is 3.25. The molecule has 0 spiro atoms. The molecule has 1 aromatic carbocycles. The summed E-state index contributed by atoms with van der Waals surface area (Å²) in [7, 11) is 0. The lowest BCUT2D eigenvalue weighted by atomic mass is 10.00. The summed E-state index contributed by atoms with van der Waals surface area (Å²) >= 11 is 0. The van der Waals surface area contributed by atoms with Crippen LogP contribution in [0.3, 0.4) is 0 Å². The fourth-order valence-electron chi connectivity index (χ4n) is 3.83. The molecule has 28 heavy (non-hydrogen) atoms. The minimum atomic E-state index is -0.00539. The first-order chi connectivity index (χ1) is 13.7. The van der Waals surface area contributed by atoms with E-state index in [-0.39, 0.29) is 5.91 Å². The number of carbonyl (C=O) groups excluding carboxylic acids is 1. The van der Waals surface area contributed by atoms with E-state index in [0.29, 0.717) is 17.6 Å². The highest BCUT2D eigenvalue weighted by molar-refractivity contribution is 5.92. The van der Waals surface area contributed by atoms with E-state index in [1.165, 1.54) is 12.1 Å². The van der Waals surface area contributed by atoms with E-state index in [1.807, 2.05) is 17.0 Å². The number of nitrogens with one attached hydrogen (secondary N) is 1. The Morgan fingerprint density at radius 2 is 1.86 bits per heavy atom. The molecule has 0 radical (unpaired) electrons. The predicted octanol–water partition coefficient (Wildman–Crippen LogP) is 4.47. The number of aromatic nitrogens is 2. The second kappa shape index (κ2) is 9.53. The first-order valence-electron chi connectivity index (χ1n) is 10.4. The van der Waals surface area contributed by atoms with E-state index >= 15 is 0 Å². The average molecular weight is 382 g/mol. The van der Waals surface area contributed by atoms with Crippen molar-refractivity contribution in [2.24, 2.45) is 0 Å². The van der Waals surface area contributed by atoms with Crippen LogP contribution in [-0.2, 0) is 0 Å². The number of carbonyl (C=O) groups is 1. The third-order valence-corrected chi connectivity index (χ3v) is 5.50. The van der Waals surface area contributed by atoms with Crippen molar-refractivity contribution in [1.29, 1.82) is 0 Å². The Balaban J connectivity index is 1.65. The third-order valence-electron chi connectivity index (χ3n) is 5.50. The zero-order valence-electron chi connectivity index (χ0n) is 17.2. The Bertz CT molecular complexity index is 756. The van der Waals surface area contributed by atoms with Crippen molar-refractivity contribution >= 4 is 23.1 Å². The van der Waals surface area contributed by atoms with Crippen LogP contribution in [-0.4, -0.2) is 46.5 Å². The molecule has 1 N–H and O–H groups in total. The normalized spacial score (nSPS) is 16.7. The summed E-state index contributed by atoms with van der Waals surface area (Å²) in [6, 6.07) is 8.59. The maximum absolute atomic E-state index is 12.8. The molecule has 6 heteroatoms. The number of amides is 1. The van der Waals surface area contributed by atoms with Crippen molar-refractivity contribution in [1.82, 2.24) is 14.9 Å². The van der Waals surface area contributed by atoms with Crippen LogP contribution in [0.4, 0.5) is 17.2 Å². The lowest BCUT2D eigenvalue weighted by molar-refractivity contribution is 0.0601. The number of likely N-dealkylation sites (tertiary alicyclic amines) is 1. The molecule has 150 valence electrons. The molecule has 1 aliphatic heterocycles. The van der Waals surface area contributed by atoms with Gasteiger partial charge in [0.2, 0.25) is 0 Å². The zero-order chi connectivity index (χ0) is 19.9. The maximum atomic E-state index is 12.8. The van der Waals surface area contributed by atoms with E-state index < -0.39 is 0 Å². The molecule has 0 aliphatic carbocycles. The molecule has 1 aromatic heterocycles. The molecule has 6 nitrogen and oxygen atoms in total. The molecular formula is C22H31N5O. The number of nitrogens with zero attached hydrogens (tertiary/aromatic N) is 4. The molecule has 2 heterocycles. The van der Waals surface area contributed by atoms with Gasteiger partial charge in [-0.2, -0.15) is 0 Å². The Kier molecular flexibility index (Phi) is 6.85. The fourth-order valence-corrected chi connectivity index (χ4v) is 3.83. The molecule has 0 bridgehead atoms. The highest BCUT2D eigenvalue weighted by atomic mass is 16.2. The van der Waals surface area contributed by atoms with Crippen LogP contribution < -0.4 is 10.2 Å². The van der Waals surface area contributed by atoms with Crippen molar-refractivity contribution < 1.29 is 4.79 Å². The van der Waals surface area contributed by atoms with Crippen molar-refractivity contribution in [2.45, 2.75) is 52.5 Å². The topological polar surface area (TPSA) is 61.4 Å². The van der Waals surface area contributed by atoms with E-state index in [4.69, 9.17) is 0 Å². The largest absolute Gasteiger partial charge is 0.372 e. The summed E-state index contributed by atoms with van der Waals surface area (Å²) in [6.45, 7) is 9.24. The smallest absolute Gasteiger partial charge is 0.274 e. The zero-order valence-corrected chi connectivity index (χ0v) is 17.2. The molecule has 1 fully saturated rings. The van der Waals surface area contributed by atoms with Crippen molar-refractivity contribution in [2.75, 3.05) is 29.9 Å². The number of hydrogen-bond acceptors (Lipinski definition) is 5. The quantitative estimate of drug-likeness (QED) is 0.767. The van der Waals surface area contributed by atoms with Crippen molar-refractivity contribution in [3.63, 3.8) is 0 Å². The highest BCUT2D eigenvalue weighted by Gasteiger charge is 2.27. The van der Waals surface area contributed by atoms with Crippen LogP contribution in [0.2, 0.25) is 0 Å². The number of rotatable bonds is 7. The van der Waals surface area contributed by atoms with Crippen LogP contribution in [0.15, 0.2) is 36.7 Å². The van der Waals surface area contributed by atoms with Crippen molar-refractivity contribution in [3.05, 3.63) is 42.4 Å². The second-order valence-corrected chi connectivity index (χ2v) is 7.19. The summed E-state index contributed by atoms with van der Waals surface area (Å²) in [5.74, 6) is 0.631.